The zero-order valence-electron chi connectivity index (χ0n) is 13.0. The fourth-order valence-corrected chi connectivity index (χ4v) is 2.27. The Morgan fingerprint density at radius 1 is 0.864 bits per heavy atom. The Labute approximate surface area is 136 Å². The Bertz CT molecular complexity index is 581. The van der Waals surface area contributed by atoms with Crippen LogP contribution in [0, 0.1) is 0 Å². The molecule has 0 N–H and O–H groups in total. The van der Waals surface area contributed by atoms with Crippen LogP contribution in [0.4, 0.5) is 0 Å². The average molecular weight is 321 g/mol. The van der Waals surface area contributed by atoms with E-state index >= 15 is 0 Å². The van der Waals surface area contributed by atoms with Crippen LogP contribution in [0.2, 0.25) is 5.02 Å². The molecule has 2 rings (SSSR count). The topological polar surface area (TPSA) is 27.7 Å². The van der Waals surface area contributed by atoms with Gasteiger partial charge < -0.3 is 14.2 Å². The normalized spacial score (nSPS) is 10.3. The van der Waals surface area contributed by atoms with Crippen LogP contribution in [0.25, 0.3) is 0 Å². The van der Waals surface area contributed by atoms with E-state index < -0.39 is 0 Å². The van der Waals surface area contributed by atoms with Crippen LogP contribution < -0.4 is 14.2 Å². The van der Waals surface area contributed by atoms with E-state index in [2.05, 4.69) is 6.92 Å². The minimum absolute atomic E-state index is 0.612. The van der Waals surface area contributed by atoms with Crippen LogP contribution in [-0.2, 0) is 6.42 Å². The van der Waals surface area contributed by atoms with Crippen LogP contribution in [0.1, 0.15) is 18.9 Å². The number of methoxy groups -OCH3 is 1. The van der Waals surface area contributed by atoms with Crippen molar-refractivity contribution in [2.24, 2.45) is 0 Å². The van der Waals surface area contributed by atoms with Gasteiger partial charge in [0.05, 0.1) is 20.3 Å². The van der Waals surface area contributed by atoms with Gasteiger partial charge in [-0.05, 0) is 54.4 Å². The van der Waals surface area contributed by atoms with Crippen molar-refractivity contribution in [3.05, 3.63) is 53.1 Å². The monoisotopic (exact) mass is 320 g/mol. The first kappa shape index (κ1) is 16.5. The van der Waals surface area contributed by atoms with E-state index in [1.165, 1.54) is 0 Å². The van der Waals surface area contributed by atoms with Crippen LogP contribution >= 0.6 is 11.6 Å². The van der Waals surface area contributed by atoms with Gasteiger partial charge in [0.2, 0.25) is 0 Å². The third-order valence-electron chi connectivity index (χ3n) is 3.28. The zero-order chi connectivity index (χ0) is 15.8. The van der Waals surface area contributed by atoms with Crippen molar-refractivity contribution >= 4 is 11.6 Å². The molecule has 0 amide bonds. The van der Waals surface area contributed by atoms with Gasteiger partial charge in [0, 0.05) is 11.4 Å². The molecular formula is C18H21ClO3. The molecule has 3 nitrogen and oxygen atoms in total. The minimum atomic E-state index is 0.612. The molecule has 22 heavy (non-hydrogen) atoms. The average Bonchev–Trinajstić information content (AvgIpc) is 2.56. The molecule has 4 heteroatoms. The molecule has 0 aliphatic carbocycles. The predicted molar refractivity (Wildman–Crippen MR) is 89.4 cm³/mol. The Hall–Kier alpha value is -1.87. The Balaban J connectivity index is 1.70. The third-order valence-corrected chi connectivity index (χ3v) is 3.65. The number of aryl methyl sites for hydroxylation is 1. The fraction of sp³-hybridized carbons (Fsp3) is 0.333. The lowest BCUT2D eigenvalue weighted by Crippen LogP contribution is -2.05. The highest BCUT2D eigenvalue weighted by molar-refractivity contribution is 6.31. The summed E-state index contributed by atoms with van der Waals surface area (Å²) in [4.78, 5) is 0. The second kappa shape index (κ2) is 8.54. The second-order valence-electron chi connectivity index (χ2n) is 4.83. The first-order valence-corrected chi connectivity index (χ1v) is 7.78. The summed E-state index contributed by atoms with van der Waals surface area (Å²) in [6.07, 6.45) is 1.72. The highest BCUT2D eigenvalue weighted by Crippen LogP contribution is 2.22. The van der Waals surface area contributed by atoms with E-state index in [1.54, 1.807) is 7.11 Å². The SMILES string of the molecule is CCc1cc(OCCCOc2ccc(OC)cc2)ccc1Cl. The summed E-state index contributed by atoms with van der Waals surface area (Å²) in [6, 6.07) is 13.3. The number of halogens is 1. The highest BCUT2D eigenvalue weighted by atomic mass is 35.5. The maximum absolute atomic E-state index is 6.09. The van der Waals surface area contributed by atoms with Crippen molar-refractivity contribution in [2.75, 3.05) is 20.3 Å². The third kappa shape index (κ3) is 4.85. The maximum Gasteiger partial charge on any atom is 0.119 e. The lowest BCUT2D eigenvalue weighted by Gasteiger charge is -2.10. The number of hydrogen-bond acceptors (Lipinski definition) is 3. The molecular weight excluding hydrogens is 300 g/mol. The molecule has 0 spiro atoms. The van der Waals surface area contributed by atoms with Crippen molar-refractivity contribution in [1.29, 1.82) is 0 Å². The number of benzene rings is 2. The summed E-state index contributed by atoms with van der Waals surface area (Å²) >= 11 is 6.09. The van der Waals surface area contributed by atoms with Crippen molar-refractivity contribution in [1.82, 2.24) is 0 Å². The molecule has 0 atom stereocenters. The van der Waals surface area contributed by atoms with Gasteiger partial charge in [-0.15, -0.1) is 0 Å². The smallest absolute Gasteiger partial charge is 0.119 e. The lowest BCUT2D eigenvalue weighted by atomic mass is 10.1. The number of rotatable bonds is 8. The maximum atomic E-state index is 6.09. The molecule has 2 aromatic carbocycles. The summed E-state index contributed by atoms with van der Waals surface area (Å²) in [5, 5.41) is 0.790. The van der Waals surface area contributed by atoms with Gasteiger partial charge in [-0.3, -0.25) is 0 Å². The van der Waals surface area contributed by atoms with Gasteiger partial charge in [-0.1, -0.05) is 18.5 Å². The largest absolute Gasteiger partial charge is 0.497 e. The second-order valence-corrected chi connectivity index (χ2v) is 5.24. The quantitative estimate of drug-likeness (QED) is 0.656. The zero-order valence-corrected chi connectivity index (χ0v) is 13.7. The molecule has 0 saturated heterocycles. The fourth-order valence-electron chi connectivity index (χ4n) is 2.02. The molecule has 0 fully saturated rings. The summed E-state index contributed by atoms with van der Waals surface area (Å²) in [6.45, 7) is 3.30. The highest BCUT2D eigenvalue weighted by Gasteiger charge is 2.01. The van der Waals surface area contributed by atoms with Crippen molar-refractivity contribution in [3.8, 4) is 17.2 Å². The Morgan fingerprint density at radius 2 is 1.45 bits per heavy atom. The Kier molecular flexibility index (Phi) is 6.41. The predicted octanol–water partition coefficient (Wildman–Crippen LogP) is 4.76. The van der Waals surface area contributed by atoms with Crippen LogP contribution in [-0.4, -0.2) is 20.3 Å². The van der Waals surface area contributed by atoms with E-state index in [0.717, 1.165) is 40.7 Å². The summed E-state index contributed by atoms with van der Waals surface area (Å²) in [5.41, 5.74) is 1.11. The van der Waals surface area contributed by atoms with Gasteiger partial charge in [-0.2, -0.15) is 0 Å². The van der Waals surface area contributed by atoms with Crippen LogP contribution in [0.5, 0.6) is 17.2 Å². The Morgan fingerprint density at radius 3 is 2.09 bits per heavy atom. The summed E-state index contributed by atoms with van der Waals surface area (Å²) in [7, 11) is 1.65. The van der Waals surface area contributed by atoms with Gasteiger partial charge in [0.15, 0.2) is 0 Å². The molecule has 0 heterocycles. The molecule has 0 bridgehead atoms. The van der Waals surface area contributed by atoms with Crippen molar-refractivity contribution in [3.63, 3.8) is 0 Å². The van der Waals surface area contributed by atoms with E-state index in [9.17, 15) is 0 Å². The van der Waals surface area contributed by atoms with Crippen molar-refractivity contribution in [2.45, 2.75) is 19.8 Å². The molecule has 0 unspecified atom stereocenters. The molecule has 0 aliphatic rings. The van der Waals surface area contributed by atoms with Gasteiger partial charge >= 0.3 is 0 Å². The first-order valence-electron chi connectivity index (χ1n) is 7.41. The molecule has 0 aliphatic heterocycles. The molecule has 0 aromatic heterocycles. The summed E-state index contributed by atoms with van der Waals surface area (Å²) in [5.74, 6) is 2.51. The first-order chi connectivity index (χ1) is 10.7. The number of hydrogen-bond donors (Lipinski definition) is 0. The number of ether oxygens (including phenoxy) is 3. The van der Waals surface area contributed by atoms with E-state index in [0.29, 0.717) is 13.2 Å². The van der Waals surface area contributed by atoms with Crippen LogP contribution in [0.15, 0.2) is 42.5 Å². The van der Waals surface area contributed by atoms with E-state index in [-0.39, 0.29) is 0 Å². The van der Waals surface area contributed by atoms with E-state index in [1.807, 2.05) is 42.5 Å². The van der Waals surface area contributed by atoms with Gasteiger partial charge in [-0.25, -0.2) is 0 Å². The van der Waals surface area contributed by atoms with Gasteiger partial charge in [0.1, 0.15) is 17.2 Å². The van der Waals surface area contributed by atoms with Gasteiger partial charge in [0.25, 0.3) is 0 Å². The standard InChI is InChI=1S/C18H21ClO3/c1-3-14-13-17(9-10-18(14)19)22-12-4-11-21-16-7-5-15(20-2)6-8-16/h5-10,13H,3-4,11-12H2,1-2H3. The lowest BCUT2D eigenvalue weighted by molar-refractivity contribution is 0.247. The minimum Gasteiger partial charge on any atom is -0.497 e. The molecule has 0 radical (unpaired) electrons. The van der Waals surface area contributed by atoms with E-state index in [4.69, 9.17) is 25.8 Å². The van der Waals surface area contributed by atoms with Crippen LogP contribution in [0.3, 0.4) is 0 Å². The molecule has 118 valence electrons. The molecule has 0 saturated carbocycles. The van der Waals surface area contributed by atoms with Crippen molar-refractivity contribution < 1.29 is 14.2 Å². The summed E-state index contributed by atoms with van der Waals surface area (Å²) < 4.78 is 16.5. The molecule has 2 aromatic rings.